The predicted octanol–water partition coefficient (Wildman–Crippen LogP) is 4.16. The highest BCUT2D eigenvalue weighted by Gasteiger charge is 2.24. The van der Waals surface area contributed by atoms with Crippen molar-refractivity contribution in [3.8, 4) is 11.5 Å². The molecule has 4 rings (SSSR count). The molecule has 0 aliphatic carbocycles. The van der Waals surface area contributed by atoms with E-state index in [0.717, 1.165) is 49.7 Å². The van der Waals surface area contributed by atoms with E-state index in [9.17, 15) is 4.39 Å². The van der Waals surface area contributed by atoms with E-state index in [4.69, 9.17) is 4.42 Å². The zero-order valence-electron chi connectivity index (χ0n) is 17.2. The van der Waals surface area contributed by atoms with Gasteiger partial charge in [0.15, 0.2) is 5.96 Å². The Morgan fingerprint density at radius 3 is 2.77 bits per heavy atom. The van der Waals surface area contributed by atoms with Crippen LogP contribution >= 0.6 is 0 Å². The molecule has 1 aliphatic rings. The van der Waals surface area contributed by atoms with E-state index in [0.29, 0.717) is 11.8 Å². The van der Waals surface area contributed by atoms with E-state index in [-0.39, 0.29) is 5.82 Å². The van der Waals surface area contributed by atoms with Crippen LogP contribution in [0.15, 0.2) is 70.3 Å². The number of rotatable bonds is 6. The molecule has 1 fully saturated rings. The van der Waals surface area contributed by atoms with Crippen molar-refractivity contribution in [1.82, 2.24) is 15.2 Å². The fourth-order valence-electron chi connectivity index (χ4n) is 3.92. The number of halogens is 1. The average Bonchev–Trinajstić information content (AvgIpc) is 3.42. The van der Waals surface area contributed by atoms with Crippen molar-refractivity contribution in [2.45, 2.75) is 19.3 Å². The number of likely N-dealkylation sites (tertiary alicyclic amines) is 1. The van der Waals surface area contributed by atoms with E-state index in [1.54, 1.807) is 18.4 Å². The molecule has 156 valence electrons. The van der Waals surface area contributed by atoms with Crippen LogP contribution in [0.1, 0.15) is 17.7 Å². The lowest BCUT2D eigenvalue weighted by atomic mass is 9.99. The minimum atomic E-state index is -0.269. The third kappa shape index (κ3) is 5.06. The molecule has 0 bridgehead atoms. The summed E-state index contributed by atoms with van der Waals surface area (Å²) in [4.78, 5) is 11.3. The second kappa shape index (κ2) is 9.57. The molecule has 1 N–H and O–H groups in total. The molecule has 0 saturated carbocycles. The molecule has 0 radical (unpaired) electrons. The molecule has 2 heterocycles. The maximum Gasteiger partial charge on any atom is 0.226 e. The SMILES string of the molecule is CN=C(NCCc1coc(-c2ccc(F)cc2)n1)N1CCC(Cc2ccccc2)C1. The Balaban J connectivity index is 1.26. The van der Waals surface area contributed by atoms with Gasteiger partial charge in [0, 0.05) is 38.7 Å². The molecule has 1 atom stereocenters. The Kier molecular flexibility index (Phi) is 6.42. The van der Waals surface area contributed by atoms with Crippen molar-refractivity contribution >= 4 is 5.96 Å². The van der Waals surface area contributed by atoms with Crippen LogP contribution in [0.2, 0.25) is 0 Å². The van der Waals surface area contributed by atoms with Gasteiger partial charge in [0.25, 0.3) is 0 Å². The Bertz CT molecular complexity index is 968. The van der Waals surface area contributed by atoms with Crippen LogP contribution in [0.5, 0.6) is 0 Å². The lowest BCUT2D eigenvalue weighted by Crippen LogP contribution is -2.41. The van der Waals surface area contributed by atoms with Gasteiger partial charge in [-0.3, -0.25) is 4.99 Å². The fraction of sp³-hybridized carbons (Fsp3) is 0.333. The summed E-state index contributed by atoms with van der Waals surface area (Å²) in [6.45, 7) is 2.77. The number of nitrogens with zero attached hydrogens (tertiary/aromatic N) is 3. The zero-order valence-corrected chi connectivity index (χ0v) is 17.2. The van der Waals surface area contributed by atoms with Crippen molar-refractivity contribution in [2.75, 3.05) is 26.7 Å². The van der Waals surface area contributed by atoms with E-state index in [2.05, 4.69) is 50.5 Å². The molecule has 30 heavy (non-hydrogen) atoms. The number of aliphatic imine (C=N–C) groups is 1. The van der Waals surface area contributed by atoms with Gasteiger partial charge in [0.05, 0.1) is 5.69 Å². The summed E-state index contributed by atoms with van der Waals surface area (Å²) in [5, 5.41) is 3.45. The van der Waals surface area contributed by atoms with Crippen molar-refractivity contribution in [2.24, 2.45) is 10.9 Å². The van der Waals surface area contributed by atoms with E-state index in [1.807, 2.05) is 7.05 Å². The predicted molar refractivity (Wildman–Crippen MR) is 117 cm³/mol. The first-order chi connectivity index (χ1) is 14.7. The largest absolute Gasteiger partial charge is 0.444 e. The van der Waals surface area contributed by atoms with Crippen molar-refractivity contribution < 1.29 is 8.81 Å². The molecule has 0 spiro atoms. The maximum absolute atomic E-state index is 13.1. The second-order valence-corrected chi connectivity index (χ2v) is 7.67. The number of benzene rings is 2. The van der Waals surface area contributed by atoms with Crippen LogP contribution in [0.4, 0.5) is 4.39 Å². The Morgan fingerprint density at radius 1 is 1.20 bits per heavy atom. The quantitative estimate of drug-likeness (QED) is 0.493. The smallest absolute Gasteiger partial charge is 0.226 e. The molecule has 3 aromatic rings. The lowest BCUT2D eigenvalue weighted by Gasteiger charge is -2.21. The van der Waals surface area contributed by atoms with Crippen LogP contribution < -0.4 is 5.32 Å². The summed E-state index contributed by atoms with van der Waals surface area (Å²) in [6, 6.07) is 16.8. The minimum Gasteiger partial charge on any atom is -0.444 e. The van der Waals surface area contributed by atoms with Crippen LogP contribution in [0.25, 0.3) is 11.5 Å². The summed E-state index contributed by atoms with van der Waals surface area (Å²) < 4.78 is 18.6. The maximum atomic E-state index is 13.1. The number of hydrogen-bond acceptors (Lipinski definition) is 3. The van der Waals surface area contributed by atoms with Crippen molar-refractivity contribution in [1.29, 1.82) is 0 Å². The summed E-state index contributed by atoms with van der Waals surface area (Å²) in [5.41, 5.74) is 3.03. The topological polar surface area (TPSA) is 53.7 Å². The van der Waals surface area contributed by atoms with Gasteiger partial charge in [0.2, 0.25) is 5.89 Å². The fourth-order valence-corrected chi connectivity index (χ4v) is 3.92. The normalized spacial score (nSPS) is 16.8. The first-order valence-electron chi connectivity index (χ1n) is 10.4. The molecule has 1 aliphatic heterocycles. The number of oxazole rings is 1. The standard InChI is InChI=1S/C24H27FN4O/c1-26-24(29-14-12-19(16-29)15-18-5-3-2-4-6-18)27-13-11-22-17-30-23(28-22)20-7-9-21(25)10-8-20/h2-10,17,19H,11-16H2,1H3,(H,26,27). The van der Waals surface area contributed by atoms with Gasteiger partial charge in [-0.2, -0.15) is 0 Å². The van der Waals surface area contributed by atoms with Gasteiger partial charge in [-0.25, -0.2) is 9.37 Å². The molecule has 2 aromatic carbocycles. The van der Waals surface area contributed by atoms with Gasteiger partial charge in [-0.15, -0.1) is 0 Å². The van der Waals surface area contributed by atoms with Crippen LogP contribution in [-0.2, 0) is 12.8 Å². The number of nitrogens with one attached hydrogen (secondary N) is 1. The first-order valence-corrected chi connectivity index (χ1v) is 10.4. The van der Waals surface area contributed by atoms with Gasteiger partial charge in [0.1, 0.15) is 12.1 Å². The van der Waals surface area contributed by atoms with Gasteiger partial charge in [-0.05, 0) is 48.6 Å². The van der Waals surface area contributed by atoms with Crippen LogP contribution in [0.3, 0.4) is 0 Å². The molecular weight excluding hydrogens is 379 g/mol. The molecule has 5 nitrogen and oxygen atoms in total. The average molecular weight is 407 g/mol. The van der Waals surface area contributed by atoms with Gasteiger partial charge >= 0.3 is 0 Å². The van der Waals surface area contributed by atoms with Crippen molar-refractivity contribution in [3.63, 3.8) is 0 Å². The zero-order chi connectivity index (χ0) is 20.8. The van der Waals surface area contributed by atoms with E-state index >= 15 is 0 Å². The number of aromatic nitrogens is 1. The highest BCUT2D eigenvalue weighted by molar-refractivity contribution is 5.80. The third-order valence-corrected chi connectivity index (χ3v) is 5.47. The first kappa shape index (κ1) is 20.1. The Labute approximate surface area is 176 Å². The third-order valence-electron chi connectivity index (χ3n) is 5.47. The second-order valence-electron chi connectivity index (χ2n) is 7.67. The van der Waals surface area contributed by atoms with Crippen molar-refractivity contribution in [3.05, 3.63) is 77.9 Å². The Morgan fingerprint density at radius 2 is 2.00 bits per heavy atom. The van der Waals surface area contributed by atoms with Gasteiger partial charge < -0.3 is 14.6 Å². The summed E-state index contributed by atoms with van der Waals surface area (Å²) in [5.74, 6) is 1.83. The minimum absolute atomic E-state index is 0.269. The van der Waals surface area contributed by atoms with Crippen LogP contribution in [-0.4, -0.2) is 42.5 Å². The number of hydrogen-bond donors (Lipinski definition) is 1. The molecule has 1 unspecified atom stereocenters. The van der Waals surface area contributed by atoms with E-state index in [1.165, 1.54) is 24.1 Å². The molecule has 1 saturated heterocycles. The molecule has 0 amide bonds. The lowest BCUT2D eigenvalue weighted by molar-refractivity contribution is 0.460. The van der Waals surface area contributed by atoms with E-state index < -0.39 is 0 Å². The number of guanidine groups is 1. The monoisotopic (exact) mass is 406 g/mol. The molecular formula is C24H27FN4O. The molecule has 1 aromatic heterocycles. The highest BCUT2D eigenvalue weighted by Crippen LogP contribution is 2.21. The summed E-state index contributed by atoms with van der Waals surface area (Å²) in [6.07, 6.45) is 4.68. The van der Waals surface area contributed by atoms with Gasteiger partial charge in [-0.1, -0.05) is 30.3 Å². The summed E-state index contributed by atoms with van der Waals surface area (Å²) >= 11 is 0. The van der Waals surface area contributed by atoms with Crippen LogP contribution in [0, 0.1) is 11.7 Å². The molecule has 6 heteroatoms. The highest BCUT2D eigenvalue weighted by atomic mass is 19.1. The Hall–Kier alpha value is -3.15. The summed E-state index contributed by atoms with van der Waals surface area (Å²) in [7, 11) is 1.83.